The van der Waals surface area contributed by atoms with Crippen LogP contribution in [0.3, 0.4) is 0 Å². The van der Waals surface area contributed by atoms with E-state index in [9.17, 15) is 0 Å². The summed E-state index contributed by atoms with van der Waals surface area (Å²) in [6, 6.07) is 11.7. The number of pyridine rings is 1. The average molecular weight is 370 g/mol. The van der Waals surface area contributed by atoms with E-state index in [1.165, 1.54) is 0 Å². The SMILES string of the molecule is C=C(c1ccc(-c2cncc(-c3nnc(-c4cccnc4)o3)n2)cc1)N(C)C. The second kappa shape index (κ2) is 7.40. The normalized spacial score (nSPS) is 10.6. The van der Waals surface area contributed by atoms with Crippen LogP contribution in [0, 0.1) is 0 Å². The monoisotopic (exact) mass is 370 g/mol. The summed E-state index contributed by atoms with van der Waals surface area (Å²) in [5.41, 5.74) is 4.93. The predicted molar refractivity (Wildman–Crippen MR) is 107 cm³/mol. The summed E-state index contributed by atoms with van der Waals surface area (Å²) in [5.74, 6) is 0.702. The van der Waals surface area contributed by atoms with E-state index in [-0.39, 0.29) is 0 Å². The van der Waals surface area contributed by atoms with Crippen LogP contribution in [0.25, 0.3) is 40.0 Å². The van der Waals surface area contributed by atoms with Crippen molar-refractivity contribution in [2.24, 2.45) is 0 Å². The Morgan fingerprint density at radius 2 is 1.61 bits per heavy atom. The Morgan fingerprint density at radius 1 is 0.857 bits per heavy atom. The Balaban J connectivity index is 1.62. The minimum absolute atomic E-state index is 0.311. The number of aromatic nitrogens is 5. The Hall–Kier alpha value is -3.87. The third-order valence-electron chi connectivity index (χ3n) is 4.24. The highest BCUT2D eigenvalue weighted by atomic mass is 16.4. The number of nitrogens with zero attached hydrogens (tertiary/aromatic N) is 6. The highest BCUT2D eigenvalue weighted by molar-refractivity contribution is 5.67. The van der Waals surface area contributed by atoms with Crippen molar-refractivity contribution in [3.05, 3.63) is 73.3 Å². The van der Waals surface area contributed by atoms with Crippen LogP contribution in [0.2, 0.25) is 0 Å². The lowest BCUT2D eigenvalue weighted by atomic mass is 10.1. The molecule has 0 aliphatic carbocycles. The predicted octanol–water partition coefficient (Wildman–Crippen LogP) is 3.79. The quantitative estimate of drug-likeness (QED) is 0.529. The lowest BCUT2D eigenvalue weighted by Gasteiger charge is -2.15. The fraction of sp³-hybridized carbons (Fsp3) is 0.0952. The molecule has 0 bridgehead atoms. The highest BCUT2D eigenvalue weighted by Gasteiger charge is 2.13. The van der Waals surface area contributed by atoms with E-state index in [0.717, 1.165) is 28.1 Å². The van der Waals surface area contributed by atoms with E-state index in [1.54, 1.807) is 24.8 Å². The van der Waals surface area contributed by atoms with Crippen LogP contribution in [-0.2, 0) is 0 Å². The van der Waals surface area contributed by atoms with Gasteiger partial charge in [-0.1, -0.05) is 30.8 Å². The molecule has 28 heavy (non-hydrogen) atoms. The van der Waals surface area contributed by atoms with Crippen LogP contribution < -0.4 is 0 Å². The summed E-state index contributed by atoms with van der Waals surface area (Å²) < 4.78 is 5.74. The number of hydrogen-bond acceptors (Lipinski definition) is 7. The van der Waals surface area contributed by atoms with Gasteiger partial charge in [0, 0.05) is 37.7 Å². The van der Waals surface area contributed by atoms with Crippen LogP contribution in [0.15, 0.2) is 72.2 Å². The molecule has 0 radical (unpaired) electrons. The molecular formula is C21H18N6O. The van der Waals surface area contributed by atoms with Gasteiger partial charge in [0.2, 0.25) is 5.89 Å². The van der Waals surface area contributed by atoms with Gasteiger partial charge in [0.25, 0.3) is 5.89 Å². The zero-order valence-corrected chi connectivity index (χ0v) is 15.6. The van der Waals surface area contributed by atoms with Crippen molar-refractivity contribution in [1.29, 1.82) is 0 Å². The largest absolute Gasteiger partial charge is 0.414 e. The smallest absolute Gasteiger partial charge is 0.268 e. The topological polar surface area (TPSA) is 80.8 Å². The standard InChI is InChI=1S/C21H18N6O/c1-14(27(2)3)15-6-8-16(9-7-15)18-12-23-13-19(24-18)21-26-25-20(28-21)17-5-4-10-22-11-17/h4-13H,1H2,2-3H3. The van der Waals surface area contributed by atoms with Crippen LogP contribution in [-0.4, -0.2) is 44.1 Å². The first-order valence-corrected chi connectivity index (χ1v) is 8.65. The first-order valence-electron chi connectivity index (χ1n) is 8.65. The molecule has 4 aromatic rings. The number of rotatable bonds is 5. The fourth-order valence-corrected chi connectivity index (χ4v) is 2.63. The molecule has 7 nitrogen and oxygen atoms in total. The van der Waals surface area contributed by atoms with Crippen LogP contribution in [0.4, 0.5) is 0 Å². The van der Waals surface area contributed by atoms with E-state index in [2.05, 4.69) is 31.7 Å². The van der Waals surface area contributed by atoms with Crippen molar-refractivity contribution < 1.29 is 4.42 Å². The Morgan fingerprint density at radius 3 is 2.32 bits per heavy atom. The molecule has 0 aliphatic heterocycles. The summed E-state index contributed by atoms with van der Waals surface area (Å²) in [7, 11) is 3.94. The molecule has 3 aromatic heterocycles. The summed E-state index contributed by atoms with van der Waals surface area (Å²) in [6.45, 7) is 4.07. The van der Waals surface area contributed by atoms with E-state index in [0.29, 0.717) is 17.5 Å². The number of benzene rings is 1. The van der Waals surface area contributed by atoms with Gasteiger partial charge in [-0.25, -0.2) is 4.98 Å². The van der Waals surface area contributed by atoms with Crippen LogP contribution in [0.5, 0.6) is 0 Å². The first-order chi connectivity index (χ1) is 13.6. The second-order valence-electron chi connectivity index (χ2n) is 6.36. The molecule has 0 fully saturated rings. The highest BCUT2D eigenvalue weighted by Crippen LogP contribution is 2.25. The molecule has 4 rings (SSSR count). The molecule has 1 aromatic carbocycles. The zero-order valence-electron chi connectivity index (χ0n) is 15.6. The minimum Gasteiger partial charge on any atom is -0.414 e. The zero-order chi connectivity index (χ0) is 19.5. The van der Waals surface area contributed by atoms with E-state index in [4.69, 9.17) is 4.42 Å². The summed E-state index contributed by atoms with van der Waals surface area (Å²) in [6.07, 6.45) is 6.67. The lowest BCUT2D eigenvalue weighted by molar-refractivity contribution is 0.581. The first kappa shape index (κ1) is 17.5. The van der Waals surface area contributed by atoms with Crippen molar-refractivity contribution in [2.45, 2.75) is 0 Å². The number of hydrogen-bond donors (Lipinski definition) is 0. The molecule has 0 unspecified atom stereocenters. The van der Waals surface area contributed by atoms with Gasteiger partial charge in [-0.2, -0.15) is 0 Å². The van der Waals surface area contributed by atoms with Gasteiger partial charge in [0.05, 0.1) is 23.7 Å². The second-order valence-corrected chi connectivity index (χ2v) is 6.36. The van der Waals surface area contributed by atoms with Crippen molar-refractivity contribution in [3.8, 4) is 34.3 Å². The van der Waals surface area contributed by atoms with Crippen molar-refractivity contribution in [2.75, 3.05) is 14.1 Å². The summed E-state index contributed by atoms with van der Waals surface area (Å²) in [4.78, 5) is 14.9. The van der Waals surface area contributed by atoms with Gasteiger partial charge in [0.15, 0.2) is 0 Å². The Labute approximate surface area is 162 Å². The molecule has 138 valence electrons. The summed E-state index contributed by atoms with van der Waals surface area (Å²) in [5, 5.41) is 8.16. The molecule has 0 aliphatic rings. The van der Waals surface area contributed by atoms with E-state index in [1.807, 2.05) is 55.4 Å². The van der Waals surface area contributed by atoms with Crippen molar-refractivity contribution >= 4 is 5.70 Å². The van der Waals surface area contributed by atoms with Crippen molar-refractivity contribution in [1.82, 2.24) is 30.0 Å². The van der Waals surface area contributed by atoms with Gasteiger partial charge in [-0.05, 0) is 17.7 Å². The van der Waals surface area contributed by atoms with Crippen LogP contribution >= 0.6 is 0 Å². The minimum atomic E-state index is 0.311. The third kappa shape index (κ3) is 3.50. The maximum Gasteiger partial charge on any atom is 0.268 e. The third-order valence-corrected chi connectivity index (χ3v) is 4.24. The van der Waals surface area contributed by atoms with Gasteiger partial charge in [-0.15, -0.1) is 10.2 Å². The molecule has 0 N–H and O–H groups in total. The fourth-order valence-electron chi connectivity index (χ4n) is 2.63. The molecule has 7 heteroatoms. The summed E-state index contributed by atoms with van der Waals surface area (Å²) >= 11 is 0. The van der Waals surface area contributed by atoms with Crippen LogP contribution in [0.1, 0.15) is 5.56 Å². The maximum atomic E-state index is 5.74. The lowest BCUT2D eigenvalue weighted by Crippen LogP contribution is -2.08. The molecule has 0 atom stereocenters. The molecule has 0 amide bonds. The molecule has 0 saturated heterocycles. The molecular weight excluding hydrogens is 352 g/mol. The average Bonchev–Trinajstić information content (AvgIpc) is 3.24. The van der Waals surface area contributed by atoms with Gasteiger partial charge in [-0.3, -0.25) is 9.97 Å². The maximum absolute atomic E-state index is 5.74. The van der Waals surface area contributed by atoms with E-state index < -0.39 is 0 Å². The van der Waals surface area contributed by atoms with Gasteiger partial charge >= 0.3 is 0 Å². The Kier molecular flexibility index (Phi) is 4.63. The van der Waals surface area contributed by atoms with Gasteiger partial charge in [0.1, 0.15) is 5.69 Å². The van der Waals surface area contributed by atoms with Crippen molar-refractivity contribution in [3.63, 3.8) is 0 Å². The molecule has 3 heterocycles. The molecule has 0 saturated carbocycles. The Bertz CT molecular complexity index is 1100. The van der Waals surface area contributed by atoms with Gasteiger partial charge < -0.3 is 9.32 Å². The molecule has 0 spiro atoms. The van der Waals surface area contributed by atoms with E-state index >= 15 is 0 Å².